The molecule has 0 fully saturated rings. The first kappa shape index (κ1) is 9.90. The van der Waals surface area contributed by atoms with Crippen molar-refractivity contribution in [3.05, 3.63) is 6.33 Å². The molecule has 0 aromatic carbocycles. The van der Waals surface area contributed by atoms with Crippen LogP contribution in [0, 0.1) is 0 Å². The summed E-state index contributed by atoms with van der Waals surface area (Å²) in [5, 5.41) is 18.4. The standard InChI is InChI=1S/C5H7F3N4O/c6-5(7,8)4(13)1-2-12-3-9-10-11-12/h3-4,13H,1-2H2/t4-/m1/s1. The minimum Gasteiger partial charge on any atom is -0.384 e. The molecule has 5 nitrogen and oxygen atoms in total. The molecule has 8 heteroatoms. The lowest BCUT2D eigenvalue weighted by atomic mass is 10.2. The summed E-state index contributed by atoms with van der Waals surface area (Å²) in [6.07, 6.45) is -6.16. The molecule has 0 saturated heterocycles. The Morgan fingerprint density at radius 3 is 2.62 bits per heavy atom. The van der Waals surface area contributed by atoms with E-state index in [-0.39, 0.29) is 6.54 Å². The predicted molar refractivity (Wildman–Crippen MR) is 34.5 cm³/mol. The molecular weight excluding hydrogens is 189 g/mol. The SMILES string of the molecule is O[C@H](CCn1cnnn1)C(F)(F)F. The molecule has 1 heterocycles. The topological polar surface area (TPSA) is 63.8 Å². The van der Waals surface area contributed by atoms with Crippen molar-refractivity contribution in [2.24, 2.45) is 0 Å². The summed E-state index contributed by atoms with van der Waals surface area (Å²) in [5.74, 6) is 0. The van der Waals surface area contributed by atoms with Gasteiger partial charge in [0.05, 0.1) is 0 Å². The lowest BCUT2D eigenvalue weighted by molar-refractivity contribution is -0.206. The highest BCUT2D eigenvalue weighted by Gasteiger charge is 2.37. The van der Waals surface area contributed by atoms with Crippen molar-refractivity contribution in [3.63, 3.8) is 0 Å². The number of nitrogens with zero attached hydrogens (tertiary/aromatic N) is 4. The van der Waals surface area contributed by atoms with Crippen LogP contribution < -0.4 is 0 Å². The molecule has 0 aliphatic heterocycles. The van der Waals surface area contributed by atoms with Gasteiger partial charge in [-0.25, -0.2) is 4.68 Å². The molecule has 0 unspecified atom stereocenters. The van der Waals surface area contributed by atoms with Crippen LogP contribution in [0.25, 0.3) is 0 Å². The maximum atomic E-state index is 11.8. The van der Waals surface area contributed by atoms with Crippen LogP contribution in [0.3, 0.4) is 0 Å². The quantitative estimate of drug-likeness (QED) is 0.738. The van der Waals surface area contributed by atoms with E-state index in [1.807, 2.05) is 0 Å². The Morgan fingerprint density at radius 1 is 1.46 bits per heavy atom. The van der Waals surface area contributed by atoms with Gasteiger partial charge < -0.3 is 5.11 Å². The zero-order chi connectivity index (χ0) is 9.90. The lowest BCUT2D eigenvalue weighted by Crippen LogP contribution is -2.29. The van der Waals surface area contributed by atoms with Crippen LogP contribution in [0.15, 0.2) is 6.33 Å². The Morgan fingerprint density at radius 2 is 2.15 bits per heavy atom. The van der Waals surface area contributed by atoms with Gasteiger partial charge in [0.1, 0.15) is 6.33 Å². The molecule has 0 radical (unpaired) electrons. The normalized spacial score (nSPS) is 14.5. The second-order valence-electron chi connectivity index (χ2n) is 2.42. The van der Waals surface area contributed by atoms with Gasteiger partial charge in [0.25, 0.3) is 0 Å². The number of aromatic nitrogens is 4. The van der Waals surface area contributed by atoms with E-state index in [2.05, 4.69) is 15.5 Å². The molecule has 0 bridgehead atoms. The fraction of sp³-hybridized carbons (Fsp3) is 0.800. The monoisotopic (exact) mass is 196 g/mol. The van der Waals surface area contributed by atoms with E-state index in [4.69, 9.17) is 5.11 Å². The first-order chi connectivity index (χ1) is 6.00. The third kappa shape index (κ3) is 2.98. The van der Waals surface area contributed by atoms with E-state index < -0.39 is 18.7 Å². The Hall–Kier alpha value is -1.18. The van der Waals surface area contributed by atoms with E-state index in [0.717, 1.165) is 4.68 Å². The Kier molecular flexibility index (Phi) is 2.81. The molecule has 1 rings (SSSR count). The van der Waals surface area contributed by atoms with E-state index in [9.17, 15) is 13.2 Å². The van der Waals surface area contributed by atoms with Crippen LogP contribution in [-0.2, 0) is 6.54 Å². The molecule has 1 aromatic heterocycles. The molecule has 0 aliphatic rings. The first-order valence-electron chi connectivity index (χ1n) is 3.45. The Bertz CT molecular complexity index is 247. The number of hydrogen-bond donors (Lipinski definition) is 1. The zero-order valence-corrected chi connectivity index (χ0v) is 6.44. The first-order valence-corrected chi connectivity index (χ1v) is 3.45. The lowest BCUT2D eigenvalue weighted by Gasteiger charge is -2.13. The highest BCUT2D eigenvalue weighted by Crippen LogP contribution is 2.22. The van der Waals surface area contributed by atoms with Crippen molar-refractivity contribution >= 4 is 0 Å². The van der Waals surface area contributed by atoms with Crippen molar-refractivity contribution in [3.8, 4) is 0 Å². The van der Waals surface area contributed by atoms with Crippen LogP contribution in [0.2, 0.25) is 0 Å². The van der Waals surface area contributed by atoms with Gasteiger partial charge in [-0.3, -0.25) is 0 Å². The minimum atomic E-state index is -4.58. The molecule has 0 amide bonds. The molecule has 0 saturated carbocycles. The number of alkyl halides is 3. The fourth-order valence-electron chi connectivity index (χ4n) is 0.701. The van der Waals surface area contributed by atoms with Gasteiger partial charge in [-0.05, 0) is 10.4 Å². The molecule has 1 atom stereocenters. The largest absolute Gasteiger partial charge is 0.414 e. The summed E-state index contributed by atoms with van der Waals surface area (Å²) in [6, 6.07) is 0. The van der Waals surface area contributed by atoms with Crippen molar-refractivity contribution < 1.29 is 18.3 Å². The van der Waals surface area contributed by atoms with Crippen molar-refractivity contribution in [1.82, 2.24) is 20.2 Å². The van der Waals surface area contributed by atoms with Crippen LogP contribution >= 0.6 is 0 Å². The van der Waals surface area contributed by atoms with E-state index >= 15 is 0 Å². The maximum absolute atomic E-state index is 11.8. The third-order valence-electron chi connectivity index (χ3n) is 1.40. The summed E-state index contributed by atoms with van der Waals surface area (Å²) >= 11 is 0. The van der Waals surface area contributed by atoms with Gasteiger partial charge in [-0.15, -0.1) is 5.10 Å². The van der Waals surface area contributed by atoms with E-state index in [1.165, 1.54) is 6.33 Å². The minimum absolute atomic E-state index is 0.0618. The number of aliphatic hydroxyl groups is 1. The highest BCUT2D eigenvalue weighted by atomic mass is 19.4. The molecule has 1 N–H and O–H groups in total. The zero-order valence-electron chi connectivity index (χ0n) is 6.44. The van der Waals surface area contributed by atoms with Gasteiger partial charge >= 0.3 is 6.18 Å². The second kappa shape index (κ2) is 3.69. The van der Waals surface area contributed by atoms with Crippen LogP contribution in [0.5, 0.6) is 0 Å². The average molecular weight is 196 g/mol. The van der Waals surface area contributed by atoms with Crippen molar-refractivity contribution in [2.75, 3.05) is 0 Å². The number of aryl methyl sites for hydroxylation is 1. The molecule has 0 aliphatic carbocycles. The van der Waals surface area contributed by atoms with Crippen LogP contribution in [0.1, 0.15) is 6.42 Å². The molecule has 13 heavy (non-hydrogen) atoms. The number of rotatable bonds is 3. The van der Waals surface area contributed by atoms with Crippen molar-refractivity contribution in [1.29, 1.82) is 0 Å². The third-order valence-corrected chi connectivity index (χ3v) is 1.40. The van der Waals surface area contributed by atoms with Crippen LogP contribution in [0.4, 0.5) is 13.2 Å². The van der Waals surface area contributed by atoms with Gasteiger partial charge in [0, 0.05) is 13.0 Å². The fourth-order valence-corrected chi connectivity index (χ4v) is 0.701. The van der Waals surface area contributed by atoms with Gasteiger partial charge in [-0.1, -0.05) is 0 Å². The molecule has 0 spiro atoms. The summed E-state index contributed by atoms with van der Waals surface area (Å²) < 4.78 is 36.4. The van der Waals surface area contributed by atoms with Crippen LogP contribution in [-0.4, -0.2) is 37.6 Å². The number of tetrazole rings is 1. The van der Waals surface area contributed by atoms with E-state index in [1.54, 1.807) is 0 Å². The highest BCUT2D eigenvalue weighted by molar-refractivity contribution is 4.64. The molecule has 1 aromatic rings. The molecule has 74 valence electrons. The van der Waals surface area contributed by atoms with Gasteiger partial charge in [-0.2, -0.15) is 13.2 Å². The summed E-state index contributed by atoms with van der Waals surface area (Å²) in [5.41, 5.74) is 0. The predicted octanol–water partition coefficient (Wildman–Crippen LogP) is -0.0136. The molecular formula is C5H7F3N4O. The average Bonchev–Trinajstić information content (AvgIpc) is 2.50. The summed E-state index contributed by atoms with van der Waals surface area (Å²) in [6.45, 7) is -0.0618. The number of hydrogen-bond acceptors (Lipinski definition) is 4. The Balaban J connectivity index is 2.35. The second-order valence-corrected chi connectivity index (χ2v) is 2.42. The summed E-state index contributed by atoms with van der Waals surface area (Å²) in [7, 11) is 0. The van der Waals surface area contributed by atoms with Gasteiger partial charge in [0.2, 0.25) is 0 Å². The smallest absolute Gasteiger partial charge is 0.384 e. The van der Waals surface area contributed by atoms with Crippen molar-refractivity contribution in [2.45, 2.75) is 25.2 Å². The maximum Gasteiger partial charge on any atom is 0.414 e. The number of aliphatic hydroxyl groups excluding tert-OH is 1. The van der Waals surface area contributed by atoms with Gasteiger partial charge in [0.15, 0.2) is 6.10 Å². The van der Waals surface area contributed by atoms with E-state index in [0.29, 0.717) is 0 Å². The number of halogens is 3. The Labute approximate surface area is 71.2 Å². The summed E-state index contributed by atoms with van der Waals surface area (Å²) in [4.78, 5) is 0.